The van der Waals surface area contributed by atoms with Crippen LogP contribution >= 0.6 is 0 Å². The van der Waals surface area contributed by atoms with E-state index in [1.807, 2.05) is 0 Å². The Bertz CT molecular complexity index is 420. The van der Waals surface area contributed by atoms with Crippen molar-refractivity contribution in [1.82, 2.24) is 4.90 Å². The van der Waals surface area contributed by atoms with Gasteiger partial charge in [-0.05, 0) is 44.5 Å². The average molecular weight is 248 g/mol. The third-order valence-corrected chi connectivity index (χ3v) is 3.34. The maximum Gasteiger partial charge on any atom is 0.241 e. The average Bonchev–Trinajstić information content (AvgIpc) is 2.81. The SMILES string of the molecule is CCCN1CCCC1C(=O)Nc1ccccc1O. The number of aromatic hydroxyl groups is 1. The standard InChI is InChI=1S/C14H20N2O2/c1-2-9-16-10-5-7-12(16)14(18)15-11-6-3-4-8-13(11)17/h3-4,6,8,12,17H,2,5,7,9-10H2,1H3,(H,15,18). The molecule has 4 nitrogen and oxygen atoms in total. The molecular formula is C14H20N2O2. The first-order valence-electron chi connectivity index (χ1n) is 6.55. The van der Waals surface area contributed by atoms with Crippen molar-refractivity contribution < 1.29 is 9.90 Å². The quantitative estimate of drug-likeness (QED) is 0.803. The highest BCUT2D eigenvalue weighted by molar-refractivity contribution is 5.96. The van der Waals surface area contributed by atoms with Crippen molar-refractivity contribution in [2.24, 2.45) is 0 Å². The Morgan fingerprint density at radius 2 is 2.28 bits per heavy atom. The van der Waals surface area contributed by atoms with Crippen LogP contribution in [0.15, 0.2) is 24.3 Å². The minimum Gasteiger partial charge on any atom is -0.506 e. The van der Waals surface area contributed by atoms with E-state index in [9.17, 15) is 9.90 Å². The number of carbonyl (C=O) groups excluding carboxylic acids is 1. The Morgan fingerprint density at radius 1 is 1.50 bits per heavy atom. The molecule has 1 aromatic carbocycles. The van der Waals surface area contributed by atoms with E-state index in [0.29, 0.717) is 5.69 Å². The van der Waals surface area contributed by atoms with Crippen LogP contribution in [0.3, 0.4) is 0 Å². The van der Waals surface area contributed by atoms with Gasteiger partial charge in [-0.2, -0.15) is 0 Å². The molecule has 1 unspecified atom stereocenters. The van der Waals surface area contributed by atoms with Crippen molar-refractivity contribution in [3.63, 3.8) is 0 Å². The van der Waals surface area contributed by atoms with E-state index in [1.165, 1.54) is 0 Å². The summed E-state index contributed by atoms with van der Waals surface area (Å²) in [7, 11) is 0. The molecule has 0 aromatic heterocycles. The Balaban J connectivity index is 2.01. The van der Waals surface area contributed by atoms with E-state index in [1.54, 1.807) is 24.3 Å². The van der Waals surface area contributed by atoms with Gasteiger partial charge in [-0.3, -0.25) is 9.69 Å². The molecule has 1 aromatic rings. The summed E-state index contributed by atoms with van der Waals surface area (Å²) in [6.45, 7) is 4.07. The first kappa shape index (κ1) is 12.9. The molecule has 1 amide bonds. The first-order chi connectivity index (χ1) is 8.72. The van der Waals surface area contributed by atoms with Gasteiger partial charge in [0.1, 0.15) is 5.75 Å². The van der Waals surface area contributed by atoms with Crippen LogP contribution in [0.5, 0.6) is 5.75 Å². The molecule has 1 saturated heterocycles. The summed E-state index contributed by atoms with van der Waals surface area (Å²) in [5.74, 6) is 0.105. The Labute approximate surface area is 108 Å². The van der Waals surface area contributed by atoms with Crippen molar-refractivity contribution in [2.45, 2.75) is 32.2 Å². The van der Waals surface area contributed by atoms with E-state index >= 15 is 0 Å². The number of benzene rings is 1. The highest BCUT2D eigenvalue weighted by atomic mass is 16.3. The first-order valence-corrected chi connectivity index (χ1v) is 6.55. The third kappa shape index (κ3) is 2.82. The van der Waals surface area contributed by atoms with Crippen LogP contribution in [0.25, 0.3) is 0 Å². The molecule has 0 saturated carbocycles. The highest BCUT2D eigenvalue weighted by Crippen LogP contribution is 2.24. The van der Waals surface area contributed by atoms with Gasteiger partial charge in [-0.25, -0.2) is 0 Å². The van der Waals surface area contributed by atoms with Crippen LogP contribution in [0.4, 0.5) is 5.69 Å². The van der Waals surface area contributed by atoms with Gasteiger partial charge in [-0.1, -0.05) is 19.1 Å². The molecule has 1 atom stereocenters. The second-order valence-electron chi connectivity index (χ2n) is 4.70. The maximum atomic E-state index is 12.2. The van der Waals surface area contributed by atoms with Crippen LogP contribution in [0, 0.1) is 0 Å². The molecule has 18 heavy (non-hydrogen) atoms. The molecule has 1 heterocycles. The molecule has 4 heteroatoms. The van der Waals surface area contributed by atoms with Gasteiger partial charge in [0, 0.05) is 0 Å². The van der Waals surface area contributed by atoms with Gasteiger partial charge in [0.05, 0.1) is 11.7 Å². The molecule has 2 N–H and O–H groups in total. The number of nitrogens with one attached hydrogen (secondary N) is 1. The monoisotopic (exact) mass is 248 g/mol. The number of phenolic OH excluding ortho intramolecular Hbond substituents is 1. The summed E-state index contributed by atoms with van der Waals surface area (Å²) >= 11 is 0. The fourth-order valence-electron chi connectivity index (χ4n) is 2.47. The zero-order valence-electron chi connectivity index (χ0n) is 10.7. The fourth-order valence-corrected chi connectivity index (χ4v) is 2.47. The molecular weight excluding hydrogens is 228 g/mol. The van der Waals surface area contributed by atoms with Crippen molar-refractivity contribution in [3.05, 3.63) is 24.3 Å². The minimum atomic E-state index is -0.0513. The Morgan fingerprint density at radius 3 is 3.00 bits per heavy atom. The van der Waals surface area contributed by atoms with E-state index < -0.39 is 0 Å². The lowest BCUT2D eigenvalue weighted by molar-refractivity contribution is -0.120. The smallest absolute Gasteiger partial charge is 0.241 e. The molecule has 0 bridgehead atoms. The number of carbonyl (C=O) groups is 1. The Hall–Kier alpha value is -1.55. The minimum absolute atomic E-state index is 0.0116. The van der Waals surface area contributed by atoms with Gasteiger partial charge >= 0.3 is 0 Å². The van der Waals surface area contributed by atoms with E-state index in [4.69, 9.17) is 0 Å². The summed E-state index contributed by atoms with van der Waals surface area (Å²) < 4.78 is 0. The molecule has 1 aliphatic rings. The lowest BCUT2D eigenvalue weighted by Gasteiger charge is -2.23. The zero-order valence-corrected chi connectivity index (χ0v) is 10.7. The number of rotatable bonds is 4. The second kappa shape index (κ2) is 5.87. The topological polar surface area (TPSA) is 52.6 Å². The number of anilines is 1. The number of hydrogen-bond donors (Lipinski definition) is 2. The fraction of sp³-hybridized carbons (Fsp3) is 0.500. The van der Waals surface area contributed by atoms with Crippen LogP contribution in [0.2, 0.25) is 0 Å². The van der Waals surface area contributed by atoms with Crippen molar-refractivity contribution in [2.75, 3.05) is 18.4 Å². The summed E-state index contributed by atoms with van der Waals surface area (Å²) in [5, 5.41) is 12.5. The van der Waals surface area contributed by atoms with Crippen molar-refractivity contribution >= 4 is 11.6 Å². The molecule has 0 spiro atoms. The van der Waals surface area contributed by atoms with E-state index in [-0.39, 0.29) is 17.7 Å². The highest BCUT2D eigenvalue weighted by Gasteiger charge is 2.30. The lowest BCUT2D eigenvalue weighted by atomic mass is 10.2. The number of nitrogens with zero attached hydrogens (tertiary/aromatic N) is 1. The molecule has 0 radical (unpaired) electrons. The van der Waals surface area contributed by atoms with Crippen molar-refractivity contribution in [1.29, 1.82) is 0 Å². The second-order valence-corrected chi connectivity index (χ2v) is 4.70. The van der Waals surface area contributed by atoms with Gasteiger partial charge < -0.3 is 10.4 Å². The molecule has 2 rings (SSSR count). The summed E-state index contributed by atoms with van der Waals surface area (Å²) in [6, 6.07) is 6.78. The summed E-state index contributed by atoms with van der Waals surface area (Å²) in [4.78, 5) is 14.4. The third-order valence-electron chi connectivity index (χ3n) is 3.34. The van der Waals surface area contributed by atoms with Crippen LogP contribution in [0.1, 0.15) is 26.2 Å². The predicted molar refractivity (Wildman–Crippen MR) is 71.6 cm³/mol. The summed E-state index contributed by atoms with van der Waals surface area (Å²) in [6.07, 6.45) is 3.03. The number of hydrogen-bond acceptors (Lipinski definition) is 3. The predicted octanol–water partition coefficient (Wildman–Crippen LogP) is 2.21. The molecule has 98 valence electrons. The molecule has 0 aliphatic carbocycles. The van der Waals surface area contributed by atoms with Gasteiger partial charge in [-0.15, -0.1) is 0 Å². The molecule has 1 aliphatic heterocycles. The number of para-hydroxylation sites is 2. The van der Waals surface area contributed by atoms with Crippen LogP contribution in [-0.2, 0) is 4.79 Å². The van der Waals surface area contributed by atoms with Gasteiger partial charge in [0.25, 0.3) is 0 Å². The largest absolute Gasteiger partial charge is 0.506 e. The molecule has 1 fully saturated rings. The number of amides is 1. The lowest BCUT2D eigenvalue weighted by Crippen LogP contribution is -2.39. The van der Waals surface area contributed by atoms with Crippen LogP contribution < -0.4 is 5.32 Å². The van der Waals surface area contributed by atoms with Gasteiger partial charge in [0.15, 0.2) is 0 Å². The van der Waals surface area contributed by atoms with Gasteiger partial charge in [0.2, 0.25) is 5.91 Å². The number of likely N-dealkylation sites (tertiary alicyclic amines) is 1. The van der Waals surface area contributed by atoms with Crippen molar-refractivity contribution in [3.8, 4) is 5.75 Å². The Kier molecular flexibility index (Phi) is 4.20. The maximum absolute atomic E-state index is 12.2. The van der Waals surface area contributed by atoms with E-state index in [2.05, 4.69) is 17.1 Å². The van der Waals surface area contributed by atoms with E-state index in [0.717, 1.165) is 32.4 Å². The zero-order chi connectivity index (χ0) is 13.0. The normalized spacial score (nSPS) is 19.9. The van der Waals surface area contributed by atoms with Crippen LogP contribution in [-0.4, -0.2) is 35.0 Å². The number of phenols is 1. The summed E-state index contributed by atoms with van der Waals surface area (Å²) in [5.41, 5.74) is 0.492.